The van der Waals surface area contributed by atoms with Gasteiger partial charge in [-0.1, -0.05) is 18.2 Å². The van der Waals surface area contributed by atoms with Crippen LogP contribution in [0.3, 0.4) is 0 Å². The fourth-order valence-corrected chi connectivity index (χ4v) is 3.37. The maximum Gasteiger partial charge on any atom is 0.258 e. The molecule has 0 radical (unpaired) electrons. The van der Waals surface area contributed by atoms with E-state index in [1.165, 1.54) is 12.8 Å². The first kappa shape index (κ1) is 14.5. The summed E-state index contributed by atoms with van der Waals surface area (Å²) >= 11 is 0. The third-order valence-electron chi connectivity index (χ3n) is 4.89. The molecule has 0 bridgehead atoms. The molecule has 1 unspecified atom stereocenters. The number of benzene rings is 1. The van der Waals surface area contributed by atoms with Crippen LogP contribution in [0.4, 0.5) is 0 Å². The Hall–Kier alpha value is -2.14. The van der Waals surface area contributed by atoms with Crippen LogP contribution in [0.15, 0.2) is 35.3 Å². The lowest BCUT2D eigenvalue weighted by Gasteiger charge is -2.18. The van der Waals surface area contributed by atoms with E-state index in [9.17, 15) is 9.59 Å². The highest BCUT2D eigenvalue weighted by molar-refractivity contribution is 6.06. The Labute approximate surface area is 134 Å². The number of likely N-dealkylation sites (tertiary alicyclic amines) is 1. The molecule has 1 aliphatic heterocycles. The second kappa shape index (κ2) is 5.49. The molecule has 1 saturated carbocycles. The van der Waals surface area contributed by atoms with E-state index in [4.69, 9.17) is 5.73 Å². The van der Waals surface area contributed by atoms with Crippen LogP contribution in [0.5, 0.6) is 0 Å². The molecule has 23 heavy (non-hydrogen) atoms. The highest BCUT2D eigenvalue weighted by Crippen LogP contribution is 2.30. The molecule has 1 amide bonds. The second-order valence-electron chi connectivity index (χ2n) is 6.79. The van der Waals surface area contributed by atoms with Crippen LogP contribution in [-0.4, -0.2) is 34.5 Å². The van der Waals surface area contributed by atoms with E-state index >= 15 is 0 Å². The summed E-state index contributed by atoms with van der Waals surface area (Å²) in [5.41, 5.74) is 6.56. The molecule has 1 atom stereocenters. The van der Waals surface area contributed by atoms with Crippen LogP contribution in [-0.2, 0) is 6.54 Å². The molecule has 5 nitrogen and oxygen atoms in total. The van der Waals surface area contributed by atoms with Gasteiger partial charge in [-0.05, 0) is 31.2 Å². The van der Waals surface area contributed by atoms with E-state index in [1.54, 1.807) is 15.7 Å². The van der Waals surface area contributed by atoms with Gasteiger partial charge in [0.1, 0.15) is 0 Å². The molecule has 2 aromatic rings. The summed E-state index contributed by atoms with van der Waals surface area (Å²) in [6.07, 6.45) is 4.94. The number of fused-ring (bicyclic) bond motifs is 1. The minimum Gasteiger partial charge on any atom is -0.337 e. The molecule has 1 aromatic heterocycles. The fourth-order valence-electron chi connectivity index (χ4n) is 3.37. The van der Waals surface area contributed by atoms with Crippen molar-refractivity contribution in [3.63, 3.8) is 0 Å². The smallest absolute Gasteiger partial charge is 0.258 e. The van der Waals surface area contributed by atoms with Crippen molar-refractivity contribution in [2.24, 2.45) is 11.7 Å². The number of aromatic nitrogens is 1. The molecule has 1 aliphatic carbocycles. The summed E-state index contributed by atoms with van der Waals surface area (Å²) in [5.74, 6) is 0.565. The maximum absolute atomic E-state index is 12.9. The SMILES string of the molecule is NC1CCN(C(=O)c2cn(CC3CC3)c(=O)c3ccccc23)C1. The fraction of sp³-hybridized carbons (Fsp3) is 0.444. The Bertz CT molecular complexity index is 823. The highest BCUT2D eigenvalue weighted by atomic mass is 16.2. The Balaban J connectivity index is 1.82. The zero-order chi connectivity index (χ0) is 16.0. The molecule has 4 rings (SSSR count). The first-order chi connectivity index (χ1) is 11.1. The Morgan fingerprint density at radius 3 is 2.57 bits per heavy atom. The van der Waals surface area contributed by atoms with Gasteiger partial charge < -0.3 is 15.2 Å². The highest BCUT2D eigenvalue weighted by Gasteiger charge is 2.28. The normalized spacial score (nSPS) is 21.1. The van der Waals surface area contributed by atoms with Crippen molar-refractivity contribution < 1.29 is 4.79 Å². The molecular formula is C18H21N3O2. The molecule has 2 N–H and O–H groups in total. The first-order valence-electron chi connectivity index (χ1n) is 8.30. The van der Waals surface area contributed by atoms with Gasteiger partial charge in [0.2, 0.25) is 0 Å². The number of nitrogens with zero attached hydrogens (tertiary/aromatic N) is 2. The topological polar surface area (TPSA) is 68.3 Å². The van der Waals surface area contributed by atoms with E-state index in [1.807, 2.05) is 24.3 Å². The summed E-state index contributed by atoms with van der Waals surface area (Å²) in [5, 5.41) is 1.37. The minimum absolute atomic E-state index is 0.00201. The van der Waals surface area contributed by atoms with Crippen LogP contribution in [0.2, 0.25) is 0 Å². The van der Waals surface area contributed by atoms with Crippen LogP contribution in [0.1, 0.15) is 29.6 Å². The molecule has 5 heteroatoms. The van der Waals surface area contributed by atoms with Crippen LogP contribution in [0, 0.1) is 5.92 Å². The lowest BCUT2D eigenvalue weighted by Crippen LogP contribution is -2.33. The maximum atomic E-state index is 12.9. The number of carbonyl (C=O) groups excluding carboxylic acids is 1. The van der Waals surface area contributed by atoms with Gasteiger partial charge in [-0.15, -0.1) is 0 Å². The number of hydrogen-bond donors (Lipinski definition) is 1. The van der Waals surface area contributed by atoms with Crippen molar-refractivity contribution in [2.75, 3.05) is 13.1 Å². The van der Waals surface area contributed by atoms with Gasteiger partial charge >= 0.3 is 0 Å². The molecule has 120 valence electrons. The van der Waals surface area contributed by atoms with Gasteiger partial charge in [-0.2, -0.15) is 0 Å². The molecule has 1 aromatic carbocycles. The van der Waals surface area contributed by atoms with E-state index in [2.05, 4.69) is 0 Å². The third kappa shape index (κ3) is 2.65. The Kier molecular flexibility index (Phi) is 3.45. The Morgan fingerprint density at radius 2 is 1.91 bits per heavy atom. The number of pyridine rings is 1. The van der Waals surface area contributed by atoms with Crippen molar-refractivity contribution in [1.82, 2.24) is 9.47 Å². The standard InChI is InChI=1S/C18H21N3O2/c19-13-7-8-20(10-13)18(23)16-11-21(9-12-5-6-12)17(22)15-4-2-1-3-14(15)16/h1-4,11-13H,5-10,19H2. The second-order valence-corrected chi connectivity index (χ2v) is 6.79. The molecule has 2 fully saturated rings. The number of amides is 1. The number of carbonyl (C=O) groups is 1. The summed E-state index contributed by atoms with van der Waals surface area (Å²) in [6, 6.07) is 7.46. The average Bonchev–Trinajstić information content (AvgIpc) is 3.28. The minimum atomic E-state index is -0.0151. The predicted molar refractivity (Wildman–Crippen MR) is 89.4 cm³/mol. The van der Waals surface area contributed by atoms with Crippen molar-refractivity contribution in [1.29, 1.82) is 0 Å². The summed E-state index contributed by atoms with van der Waals surface area (Å²) < 4.78 is 1.73. The van der Waals surface area contributed by atoms with E-state index in [-0.39, 0.29) is 17.5 Å². The number of hydrogen-bond acceptors (Lipinski definition) is 3. The van der Waals surface area contributed by atoms with Crippen molar-refractivity contribution in [2.45, 2.75) is 31.8 Å². The van der Waals surface area contributed by atoms with E-state index in [0.29, 0.717) is 36.5 Å². The summed E-state index contributed by atoms with van der Waals surface area (Å²) in [4.78, 5) is 27.4. The molecule has 1 saturated heterocycles. The molecule has 2 aliphatic rings. The van der Waals surface area contributed by atoms with Gasteiger partial charge in [-0.25, -0.2) is 0 Å². The van der Waals surface area contributed by atoms with Crippen molar-refractivity contribution in [3.8, 4) is 0 Å². The van der Waals surface area contributed by atoms with E-state index in [0.717, 1.165) is 11.8 Å². The van der Waals surface area contributed by atoms with E-state index < -0.39 is 0 Å². The van der Waals surface area contributed by atoms with Gasteiger partial charge in [0.25, 0.3) is 11.5 Å². The predicted octanol–water partition coefficient (Wildman–Crippen LogP) is 1.58. The van der Waals surface area contributed by atoms with Crippen molar-refractivity contribution in [3.05, 3.63) is 46.4 Å². The lowest BCUT2D eigenvalue weighted by atomic mass is 10.1. The summed E-state index contributed by atoms with van der Waals surface area (Å²) in [7, 11) is 0. The monoisotopic (exact) mass is 311 g/mol. The average molecular weight is 311 g/mol. The third-order valence-corrected chi connectivity index (χ3v) is 4.89. The van der Waals surface area contributed by atoms with Gasteiger partial charge in [-0.3, -0.25) is 9.59 Å². The van der Waals surface area contributed by atoms with Gasteiger partial charge in [0.05, 0.1) is 5.56 Å². The van der Waals surface area contributed by atoms with Crippen LogP contribution >= 0.6 is 0 Å². The zero-order valence-electron chi connectivity index (χ0n) is 13.1. The molecule has 0 spiro atoms. The number of rotatable bonds is 3. The first-order valence-corrected chi connectivity index (χ1v) is 8.30. The van der Waals surface area contributed by atoms with Crippen LogP contribution < -0.4 is 11.3 Å². The summed E-state index contributed by atoms with van der Waals surface area (Å²) in [6.45, 7) is 1.99. The molecule has 2 heterocycles. The quantitative estimate of drug-likeness (QED) is 0.936. The van der Waals surface area contributed by atoms with Gasteiger partial charge in [0, 0.05) is 42.6 Å². The lowest BCUT2D eigenvalue weighted by molar-refractivity contribution is 0.0792. The van der Waals surface area contributed by atoms with Crippen molar-refractivity contribution >= 4 is 16.7 Å². The van der Waals surface area contributed by atoms with Gasteiger partial charge in [0.15, 0.2) is 0 Å². The largest absolute Gasteiger partial charge is 0.337 e. The number of nitrogens with two attached hydrogens (primary N) is 1. The zero-order valence-corrected chi connectivity index (χ0v) is 13.1. The molecular weight excluding hydrogens is 290 g/mol. The Morgan fingerprint density at radius 1 is 1.17 bits per heavy atom. The van der Waals surface area contributed by atoms with Crippen LogP contribution in [0.25, 0.3) is 10.8 Å².